The van der Waals surface area contributed by atoms with Crippen molar-refractivity contribution in [2.24, 2.45) is 0 Å². The summed E-state index contributed by atoms with van der Waals surface area (Å²) >= 11 is 0. The molecular weight excluding hydrogens is 204 g/mol. The molecule has 2 heterocycles. The first kappa shape index (κ1) is 11.4. The van der Waals surface area contributed by atoms with Crippen molar-refractivity contribution in [1.29, 1.82) is 0 Å². The summed E-state index contributed by atoms with van der Waals surface area (Å²) in [5.74, 6) is 0.158. The quantitative estimate of drug-likeness (QED) is 0.781. The van der Waals surface area contributed by atoms with E-state index in [1.54, 1.807) is 6.20 Å². The average Bonchev–Trinajstić information content (AvgIpc) is 2.83. The molecular formula is C12H18N2O2. The summed E-state index contributed by atoms with van der Waals surface area (Å²) in [6.45, 7) is 4.95. The Bertz CT molecular complexity index is 335. The van der Waals surface area contributed by atoms with Gasteiger partial charge in [0.2, 0.25) is 0 Å². The Morgan fingerprint density at radius 2 is 2.56 bits per heavy atom. The van der Waals surface area contributed by atoms with Crippen LogP contribution in [0.2, 0.25) is 0 Å². The van der Waals surface area contributed by atoms with Gasteiger partial charge in [-0.05, 0) is 18.6 Å². The summed E-state index contributed by atoms with van der Waals surface area (Å²) in [4.78, 5) is 17.1. The second-order valence-corrected chi connectivity index (χ2v) is 4.11. The van der Waals surface area contributed by atoms with Crippen LogP contribution in [0.4, 0.5) is 0 Å². The Labute approximate surface area is 95.6 Å². The average molecular weight is 222 g/mol. The molecule has 1 aromatic heterocycles. The highest BCUT2D eigenvalue weighted by atomic mass is 16.5. The molecule has 0 aliphatic carbocycles. The molecule has 1 aliphatic heterocycles. The van der Waals surface area contributed by atoms with Gasteiger partial charge in [0.25, 0.3) is 0 Å². The van der Waals surface area contributed by atoms with E-state index in [-0.39, 0.29) is 5.78 Å². The number of morpholine rings is 1. The number of carbonyl (C=O) groups excluding carboxylic acids is 1. The Kier molecular flexibility index (Phi) is 3.74. The number of Topliss-reactive ketones (excluding diaryl/α,β-unsaturated/α-hetero) is 1. The molecule has 0 bridgehead atoms. The summed E-state index contributed by atoms with van der Waals surface area (Å²) in [6.07, 6.45) is 2.81. The summed E-state index contributed by atoms with van der Waals surface area (Å²) in [6, 6.07) is 4.06. The maximum atomic E-state index is 11.9. The molecule has 0 spiro atoms. The van der Waals surface area contributed by atoms with Crippen molar-refractivity contribution in [3.63, 3.8) is 0 Å². The number of H-pyrrole nitrogens is 1. The van der Waals surface area contributed by atoms with Gasteiger partial charge in [-0.3, -0.25) is 9.69 Å². The maximum absolute atomic E-state index is 11.9. The van der Waals surface area contributed by atoms with Gasteiger partial charge in [0, 0.05) is 18.8 Å². The van der Waals surface area contributed by atoms with Crippen molar-refractivity contribution < 1.29 is 9.53 Å². The first-order valence-corrected chi connectivity index (χ1v) is 5.79. The molecule has 1 aliphatic rings. The Hall–Kier alpha value is -1.13. The third-order valence-electron chi connectivity index (χ3n) is 3.07. The molecule has 2 rings (SSSR count). The van der Waals surface area contributed by atoms with Gasteiger partial charge in [-0.2, -0.15) is 0 Å². The second kappa shape index (κ2) is 5.27. The standard InChI is InChI=1S/C12H18N2O2/c1-2-10-9-16-7-6-14(10)8-12(15)11-4-3-5-13-11/h3-5,10,13H,2,6-9H2,1H3. The molecule has 0 aromatic carbocycles. The number of nitrogens with one attached hydrogen (secondary N) is 1. The van der Waals surface area contributed by atoms with Gasteiger partial charge in [-0.1, -0.05) is 6.92 Å². The number of carbonyl (C=O) groups is 1. The predicted molar refractivity (Wildman–Crippen MR) is 61.6 cm³/mol. The van der Waals surface area contributed by atoms with Crippen LogP contribution in [0.25, 0.3) is 0 Å². The van der Waals surface area contributed by atoms with Crippen LogP contribution in [0.3, 0.4) is 0 Å². The number of nitrogens with zero attached hydrogens (tertiary/aromatic N) is 1. The summed E-state index contributed by atoms with van der Waals surface area (Å²) < 4.78 is 5.41. The maximum Gasteiger partial charge on any atom is 0.192 e. The predicted octanol–water partition coefficient (Wildman–Crippen LogP) is 1.31. The zero-order chi connectivity index (χ0) is 11.4. The van der Waals surface area contributed by atoms with Crippen molar-refractivity contribution >= 4 is 5.78 Å². The van der Waals surface area contributed by atoms with E-state index in [0.29, 0.717) is 18.3 Å². The van der Waals surface area contributed by atoms with Crippen molar-refractivity contribution in [2.75, 3.05) is 26.3 Å². The van der Waals surface area contributed by atoms with Crippen molar-refractivity contribution in [1.82, 2.24) is 9.88 Å². The summed E-state index contributed by atoms with van der Waals surface area (Å²) in [7, 11) is 0. The van der Waals surface area contributed by atoms with Gasteiger partial charge >= 0.3 is 0 Å². The minimum Gasteiger partial charge on any atom is -0.378 e. The minimum atomic E-state index is 0.158. The third-order valence-corrected chi connectivity index (χ3v) is 3.07. The lowest BCUT2D eigenvalue weighted by atomic mass is 10.1. The minimum absolute atomic E-state index is 0.158. The highest BCUT2D eigenvalue weighted by Crippen LogP contribution is 2.11. The van der Waals surface area contributed by atoms with Gasteiger partial charge in [0.1, 0.15) is 0 Å². The highest BCUT2D eigenvalue weighted by Gasteiger charge is 2.23. The van der Waals surface area contributed by atoms with Gasteiger partial charge in [0.05, 0.1) is 25.5 Å². The molecule has 4 heteroatoms. The number of hydrogen-bond donors (Lipinski definition) is 1. The molecule has 1 N–H and O–H groups in total. The first-order chi connectivity index (χ1) is 7.81. The van der Waals surface area contributed by atoms with Crippen LogP contribution in [0.15, 0.2) is 18.3 Å². The molecule has 4 nitrogen and oxygen atoms in total. The van der Waals surface area contributed by atoms with Gasteiger partial charge in [-0.25, -0.2) is 0 Å². The largest absolute Gasteiger partial charge is 0.378 e. The third kappa shape index (κ3) is 2.51. The molecule has 1 aromatic rings. The molecule has 1 fully saturated rings. The zero-order valence-electron chi connectivity index (χ0n) is 9.61. The van der Waals surface area contributed by atoms with E-state index >= 15 is 0 Å². The number of ketones is 1. The monoisotopic (exact) mass is 222 g/mol. The fourth-order valence-corrected chi connectivity index (χ4v) is 2.05. The van der Waals surface area contributed by atoms with E-state index in [9.17, 15) is 4.79 Å². The smallest absolute Gasteiger partial charge is 0.192 e. The lowest BCUT2D eigenvalue weighted by Gasteiger charge is -2.34. The van der Waals surface area contributed by atoms with Crippen LogP contribution in [0.1, 0.15) is 23.8 Å². The van der Waals surface area contributed by atoms with Gasteiger partial charge in [0.15, 0.2) is 5.78 Å². The number of ether oxygens (including phenoxy) is 1. The lowest BCUT2D eigenvalue weighted by Crippen LogP contribution is -2.47. The molecule has 0 saturated carbocycles. The molecule has 1 unspecified atom stereocenters. The number of aromatic amines is 1. The van der Waals surface area contributed by atoms with E-state index in [4.69, 9.17) is 4.74 Å². The lowest BCUT2D eigenvalue weighted by molar-refractivity contribution is -0.00591. The fraction of sp³-hybridized carbons (Fsp3) is 0.583. The van der Waals surface area contributed by atoms with Crippen LogP contribution < -0.4 is 0 Å². The van der Waals surface area contributed by atoms with Gasteiger partial charge in [-0.15, -0.1) is 0 Å². The van der Waals surface area contributed by atoms with E-state index < -0.39 is 0 Å². The Morgan fingerprint density at radius 1 is 1.69 bits per heavy atom. The van der Waals surface area contributed by atoms with Crippen LogP contribution in [0.5, 0.6) is 0 Å². The molecule has 0 amide bonds. The number of rotatable bonds is 4. The van der Waals surface area contributed by atoms with Crippen LogP contribution in [-0.4, -0.2) is 48.0 Å². The summed E-state index contributed by atoms with van der Waals surface area (Å²) in [5.41, 5.74) is 0.696. The SMILES string of the molecule is CCC1COCCN1CC(=O)c1ccc[nH]1. The Balaban J connectivity index is 1.95. The zero-order valence-corrected chi connectivity index (χ0v) is 9.61. The normalized spacial score (nSPS) is 22.2. The van der Waals surface area contributed by atoms with Crippen LogP contribution in [-0.2, 0) is 4.74 Å². The molecule has 88 valence electrons. The first-order valence-electron chi connectivity index (χ1n) is 5.79. The number of hydrogen-bond acceptors (Lipinski definition) is 3. The molecule has 16 heavy (non-hydrogen) atoms. The van der Waals surface area contributed by atoms with E-state index in [1.165, 1.54) is 0 Å². The topological polar surface area (TPSA) is 45.3 Å². The van der Waals surface area contributed by atoms with E-state index in [2.05, 4.69) is 16.8 Å². The van der Waals surface area contributed by atoms with Gasteiger partial charge < -0.3 is 9.72 Å². The van der Waals surface area contributed by atoms with Crippen molar-refractivity contribution in [2.45, 2.75) is 19.4 Å². The van der Waals surface area contributed by atoms with Crippen molar-refractivity contribution in [3.8, 4) is 0 Å². The van der Waals surface area contributed by atoms with E-state index in [0.717, 1.165) is 26.2 Å². The Morgan fingerprint density at radius 3 is 3.25 bits per heavy atom. The highest BCUT2D eigenvalue weighted by molar-refractivity contribution is 5.95. The molecule has 1 saturated heterocycles. The van der Waals surface area contributed by atoms with E-state index in [1.807, 2.05) is 12.1 Å². The van der Waals surface area contributed by atoms with Crippen molar-refractivity contribution in [3.05, 3.63) is 24.0 Å². The van der Waals surface area contributed by atoms with Crippen LogP contribution >= 0.6 is 0 Å². The number of aromatic nitrogens is 1. The second-order valence-electron chi connectivity index (χ2n) is 4.11. The van der Waals surface area contributed by atoms with Crippen LogP contribution in [0, 0.1) is 0 Å². The fourth-order valence-electron chi connectivity index (χ4n) is 2.05. The molecule has 1 atom stereocenters. The molecule has 0 radical (unpaired) electrons. The summed E-state index contributed by atoms with van der Waals surface area (Å²) in [5, 5.41) is 0.